The Kier molecular flexibility index (Phi) is 5.22. The van der Waals surface area contributed by atoms with Crippen LogP contribution in [0.4, 0.5) is 4.79 Å². The van der Waals surface area contributed by atoms with Gasteiger partial charge in [-0.2, -0.15) is 0 Å². The molecule has 0 fully saturated rings. The van der Waals surface area contributed by atoms with Gasteiger partial charge in [0.25, 0.3) is 0 Å². The lowest BCUT2D eigenvalue weighted by atomic mass is 9.98. The van der Waals surface area contributed by atoms with Crippen LogP contribution in [0.1, 0.15) is 28.3 Å². The van der Waals surface area contributed by atoms with Crippen molar-refractivity contribution >= 4 is 17.4 Å². The molecule has 0 saturated heterocycles. The number of hydrogen-bond donors (Lipinski definition) is 1. The molecular formula is C23H19NO2S. The second-order valence-electron chi connectivity index (χ2n) is 6.28. The van der Waals surface area contributed by atoms with Crippen LogP contribution in [-0.4, -0.2) is 19.2 Å². The van der Waals surface area contributed by atoms with E-state index in [1.807, 2.05) is 41.8 Å². The summed E-state index contributed by atoms with van der Waals surface area (Å²) >= 11 is 1.61. The molecule has 0 spiro atoms. The van der Waals surface area contributed by atoms with Crippen LogP contribution in [0.3, 0.4) is 0 Å². The Hall–Kier alpha value is -3.03. The lowest BCUT2D eigenvalue weighted by Gasteiger charge is -2.14. The Bertz CT molecular complexity index is 953. The molecule has 0 unspecified atom stereocenters. The van der Waals surface area contributed by atoms with Crippen LogP contribution in [0.25, 0.3) is 11.1 Å². The van der Waals surface area contributed by atoms with Crippen LogP contribution in [0.2, 0.25) is 0 Å². The zero-order chi connectivity index (χ0) is 18.5. The van der Waals surface area contributed by atoms with Crippen molar-refractivity contribution in [2.24, 2.45) is 0 Å². The highest BCUT2D eigenvalue weighted by atomic mass is 32.1. The predicted molar refractivity (Wildman–Crippen MR) is 109 cm³/mol. The molecule has 0 atom stereocenters. The van der Waals surface area contributed by atoms with E-state index in [0.717, 1.165) is 4.88 Å². The first-order chi connectivity index (χ1) is 13.3. The lowest BCUT2D eigenvalue weighted by Crippen LogP contribution is -2.26. The average Bonchev–Trinajstić information content (AvgIpc) is 3.32. The van der Waals surface area contributed by atoms with Crippen LogP contribution >= 0.6 is 11.3 Å². The highest BCUT2D eigenvalue weighted by molar-refractivity contribution is 7.10. The Morgan fingerprint density at radius 1 is 1.00 bits per heavy atom. The Labute approximate surface area is 163 Å². The van der Waals surface area contributed by atoms with Gasteiger partial charge in [-0.1, -0.05) is 66.4 Å². The molecule has 4 rings (SSSR count). The fourth-order valence-electron chi connectivity index (χ4n) is 3.38. The van der Waals surface area contributed by atoms with Crippen molar-refractivity contribution in [3.8, 4) is 23.0 Å². The number of amides is 1. The number of carbonyl (C=O) groups excluding carboxylic acids is 1. The molecule has 2 aromatic carbocycles. The predicted octanol–water partition coefficient (Wildman–Crippen LogP) is 5.03. The van der Waals surface area contributed by atoms with E-state index in [2.05, 4.69) is 41.4 Å². The zero-order valence-corrected chi connectivity index (χ0v) is 15.6. The van der Waals surface area contributed by atoms with E-state index in [9.17, 15) is 4.79 Å². The molecule has 1 N–H and O–H groups in total. The van der Waals surface area contributed by atoms with E-state index in [4.69, 9.17) is 4.74 Å². The van der Waals surface area contributed by atoms with Crippen molar-refractivity contribution in [3.05, 3.63) is 82.0 Å². The summed E-state index contributed by atoms with van der Waals surface area (Å²) in [6.45, 7) is 0.815. The summed E-state index contributed by atoms with van der Waals surface area (Å²) in [5.74, 6) is 6.22. The fourth-order valence-corrected chi connectivity index (χ4v) is 3.97. The largest absolute Gasteiger partial charge is 0.449 e. The number of thiophene rings is 1. The number of carbonyl (C=O) groups is 1. The van der Waals surface area contributed by atoms with Crippen LogP contribution in [-0.2, 0) is 4.74 Å². The van der Waals surface area contributed by atoms with E-state index >= 15 is 0 Å². The molecule has 0 radical (unpaired) electrons. The molecule has 1 aliphatic carbocycles. The number of ether oxygens (including phenoxy) is 1. The molecule has 3 aromatic rings. The van der Waals surface area contributed by atoms with E-state index in [-0.39, 0.29) is 5.92 Å². The molecule has 3 nitrogen and oxygen atoms in total. The maximum absolute atomic E-state index is 12.0. The maximum atomic E-state index is 12.0. The molecule has 1 heterocycles. The molecule has 27 heavy (non-hydrogen) atoms. The average molecular weight is 373 g/mol. The van der Waals surface area contributed by atoms with Gasteiger partial charge in [-0.05, 0) is 33.7 Å². The van der Waals surface area contributed by atoms with Gasteiger partial charge in [0.1, 0.15) is 6.61 Å². The third-order valence-electron chi connectivity index (χ3n) is 4.60. The fraction of sp³-hybridized carbons (Fsp3) is 0.174. The van der Waals surface area contributed by atoms with Gasteiger partial charge >= 0.3 is 6.09 Å². The Morgan fingerprint density at radius 3 is 2.37 bits per heavy atom. The van der Waals surface area contributed by atoms with Crippen LogP contribution in [0, 0.1) is 11.8 Å². The maximum Gasteiger partial charge on any atom is 0.407 e. The first kappa shape index (κ1) is 17.4. The first-order valence-electron chi connectivity index (χ1n) is 8.94. The van der Waals surface area contributed by atoms with E-state index in [1.165, 1.54) is 22.3 Å². The highest BCUT2D eigenvalue weighted by Crippen LogP contribution is 2.44. The molecule has 134 valence electrons. The van der Waals surface area contributed by atoms with Gasteiger partial charge in [0.15, 0.2) is 0 Å². The Morgan fingerprint density at radius 2 is 1.70 bits per heavy atom. The number of rotatable bonds is 4. The number of nitrogens with one attached hydrogen (secondary N) is 1. The summed E-state index contributed by atoms with van der Waals surface area (Å²) in [7, 11) is 0. The second kappa shape index (κ2) is 8.11. The molecule has 0 aliphatic heterocycles. The zero-order valence-electron chi connectivity index (χ0n) is 14.8. The monoisotopic (exact) mass is 373 g/mol. The van der Waals surface area contributed by atoms with Crippen LogP contribution in [0.15, 0.2) is 66.0 Å². The van der Waals surface area contributed by atoms with Gasteiger partial charge in [-0.3, -0.25) is 0 Å². The van der Waals surface area contributed by atoms with Crippen LogP contribution < -0.4 is 5.32 Å². The molecule has 0 bridgehead atoms. The normalized spacial score (nSPS) is 11.9. The minimum absolute atomic E-state index is 0.0850. The van der Waals surface area contributed by atoms with Gasteiger partial charge in [-0.15, -0.1) is 11.3 Å². The van der Waals surface area contributed by atoms with Gasteiger partial charge in [-0.25, -0.2) is 4.79 Å². The minimum atomic E-state index is -0.394. The summed E-state index contributed by atoms with van der Waals surface area (Å²) in [5, 5.41) is 4.77. The number of benzene rings is 2. The number of alkyl carbamates (subject to hydrolysis) is 1. The van der Waals surface area contributed by atoms with Crippen molar-refractivity contribution < 1.29 is 9.53 Å². The molecule has 1 amide bonds. The van der Waals surface area contributed by atoms with Gasteiger partial charge in [0.05, 0.1) is 4.88 Å². The van der Waals surface area contributed by atoms with Crippen molar-refractivity contribution in [2.75, 3.05) is 13.2 Å². The molecular weight excluding hydrogens is 354 g/mol. The quantitative estimate of drug-likeness (QED) is 0.515. The smallest absolute Gasteiger partial charge is 0.407 e. The molecule has 4 heteroatoms. The van der Waals surface area contributed by atoms with E-state index in [0.29, 0.717) is 19.6 Å². The minimum Gasteiger partial charge on any atom is -0.449 e. The first-order valence-corrected chi connectivity index (χ1v) is 9.82. The van der Waals surface area contributed by atoms with Crippen molar-refractivity contribution in [1.82, 2.24) is 5.32 Å². The van der Waals surface area contributed by atoms with Crippen molar-refractivity contribution in [1.29, 1.82) is 0 Å². The summed E-state index contributed by atoms with van der Waals surface area (Å²) in [4.78, 5) is 13.1. The topological polar surface area (TPSA) is 38.3 Å². The van der Waals surface area contributed by atoms with E-state index < -0.39 is 6.09 Å². The SMILES string of the molecule is O=C(NCCC#Cc1cccs1)OCC1c2ccccc2-c2ccccc21. The van der Waals surface area contributed by atoms with Gasteiger partial charge < -0.3 is 10.1 Å². The standard InChI is InChI=1S/C23H19NO2S/c25-23(24-14-6-5-8-17-9-7-15-27-17)26-16-22-20-12-3-1-10-18(20)19-11-2-4-13-21(19)22/h1-4,7,9-13,15,22H,6,14,16H2,(H,24,25). The van der Waals surface area contributed by atoms with Crippen LogP contribution in [0.5, 0.6) is 0 Å². The third-order valence-corrected chi connectivity index (χ3v) is 5.38. The number of hydrogen-bond acceptors (Lipinski definition) is 3. The lowest BCUT2D eigenvalue weighted by molar-refractivity contribution is 0.143. The third kappa shape index (κ3) is 3.89. The summed E-state index contributed by atoms with van der Waals surface area (Å²) in [6.07, 6.45) is 0.206. The summed E-state index contributed by atoms with van der Waals surface area (Å²) in [6, 6.07) is 20.6. The summed E-state index contributed by atoms with van der Waals surface area (Å²) < 4.78 is 5.50. The highest BCUT2D eigenvalue weighted by Gasteiger charge is 2.28. The van der Waals surface area contributed by atoms with E-state index in [1.54, 1.807) is 11.3 Å². The Balaban J connectivity index is 1.31. The van der Waals surface area contributed by atoms with Gasteiger partial charge in [0, 0.05) is 18.9 Å². The van der Waals surface area contributed by atoms with Crippen molar-refractivity contribution in [2.45, 2.75) is 12.3 Å². The van der Waals surface area contributed by atoms with Crippen molar-refractivity contribution in [3.63, 3.8) is 0 Å². The summed E-state index contributed by atoms with van der Waals surface area (Å²) in [5.41, 5.74) is 4.89. The number of fused-ring (bicyclic) bond motifs is 3. The molecule has 0 saturated carbocycles. The van der Waals surface area contributed by atoms with Gasteiger partial charge in [0.2, 0.25) is 0 Å². The molecule has 1 aliphatic rings. The second-order valence-corrected chi connectivity index (χ2v) is 7.23. The molecule has 1 aromatic heterocycles.